The maximum Gasteiger partial charge on any atom is 0.204 e. The average Bonchev–Trinajstić information content (AvgIpc) is 2.96. The minimum absolute atomic E-state index is 0.0245. The molecule has 1 aromatic heterocycles. The normalized spacial score (nSPS) is 12.4. The van der Waals surface area contributed by atoms with Gasteiger partial charge in [-0.05, 0) is 24.3 Å². The van der Waals surface area contributed by atoms with E-state index in [-0.39, 0.29) is 30.4 Å². The Morgan fingerprint density at radius 1 is 1.18 bits per heavy atom. The van der Waals surface area contributed by atoms with Crippen LogP contribution in [-0.4, -0.2) is 33.8 Å². The summed E-state index contributed by atoms with van der Waals surface area (Å²) in [7, 11) is 0. The molecule has 142 valence electrons. The second-order valence-electron chi connectivity index (χ2n) is 5.82. The van der Waals surface area contributed by atoms with Gasteiger partial charge in [0.1, 0.15) is 11.9 Å². The second kappa shape index (κ2) is 8.36. The van der Waals surface area contributed by atoms with Crippen molar-refractivity contribution in [1.82, 2.24) is 4.57 Å². The van der Waals surface area contributed by atoms with E-state index in [1.54, 1.807) is 30.3 Å². The molecule has 1 heterocycles. The fourth-order valence-electron chi connectivity index (χ4n) is 2.89. The monoisotopic (exact) mass is 414 g/mol. The summed E-state index contributed by atoms with van der Waals surface area (Å²) >= 11 is 12.7. The zero-order valence-electron chi connectivity index (χ0n) is 14.6. The highest BCUT2D eigenvalue weighted by Crippen LogP contribution is 2.40. The molecular weight excluding hydrogens is 399 g/mol. The van der Waals surface area contributed by atoms with Crippen LogP contribution >= 0.6 is 23.2 Å². The lowest BCUT2D eigenvalue weighted by Crippen LogP contribution is -2.15. The molecular formula is C20H16Cl2N4O2. The van der Waals surface area contributed by atoms with E-state index >= 15 is 0 Å². The Balaban J connectivity index is 2.31. The summed E-state index contributed by atoms with van der Waals surface area (Å²) in [6.07, 6.45) is 1.45. The number of para-hydroxylation sites is 2. The molecule has 28 heavy (non-hydrogen) atoms. The lowest BCUT2D eigenvalue weighted by Gasteiger charge is -2.11. The SMILES string of the molecule is N#C/C(=C\c1c(O)n(-c2c(Cl)cccc2Cl)c2ccccc12)C(N)=NCCO. The van der Waals surface area contributed by atoms with Crippen LogP contribution in [0.4, 0.5) is 0 Å². The van der Waals surface area contributed by atoms with E-state index in [4.69, 9.17) is 34.0 Å². The number of halogens is 2. The molecule has 3 aromatic rings. The molecule has 0 aliphatic heterocycles. The molecule has 0 spiro atoms. The molecule has 0 radical (unpaired) electrons. The Morgan fingerprint density at radius 2 is 1.86 bits per heavy atom. The number of nitrogens with two attached hydrogens (primary N) is 1. The topological polar surface area (TPSA) is 108 Å². The first-order valence-corrected chi connectivity index (χ1v) is 9.05. The van der Waals surface area contributed by atoms with Gasteiger partial charge < -0.3 is 15.9 Å². The van der Waals surface area contributed by atoms with Crippen molar-refractivity contribution in [2.24, 2.45) is 10.7 Å². The highest BCUT2D eigenvalue weighted by Gasteiger charge is 2.20. The van der Waals surface area contributed by atoms with Gasteiger partial charge in [-0.25, -0.2) is 0 Å². The maximum absolute atomic E-state index is 11.0. The van der Waals surface area contributed by atoms with Crippen molar-refractivity contribution in [3.63, 3.8) is 0 Å². The average molecular weight is 415 g/mol. The number of rotatable bonds is 5. The van der Waals surface area contributed by atoms with Crippen LogP contribution in [0.1, 0.15) is 5.56 Å². The molecule has 4 N–H and O–H groups in total. The largest absolute Gasteiger partial charge is 0.494 e. The van der Waals surface area contributed by atoms with Gasteiger partial charge in [0.05, 0.1) is 40.0 Å². The number of hydrogen-bond donors (Lipinski definition) is 3. The van der Waals surface area contributed by atoms with E-state index in [2.05, 4.69) is 4.99 Å². The summed E-state index contributed by atoms with van der Waals surface area (Å²) in [6.45, 7) is -0.108. The van der Waals surface area contributed by atoms with E-state index in [1.165, 1.54) is 10.6 Å². The third kappa shape index (κ3) is 3.56. The van der Waals surface area contributed by atoms with Crippen LogP contribution in [-0.2, 0) is 0 Å². The molecule has 0 atom stereocenters. The number of hydrogen-bond acceptors (Lipinski definition) is 4. The molecule has 0 aliphatic rings. The summed E-state index contributed by atoms with van der Waals surface area (Å²) in [6, 6.07) is 14.3. The van der Waals surface area contributed by atoms with Gasteiger partial charge in [-0.2, -0.15) is 5.26 Å². The standard InChI is InChI=1S/C20H16Cl2N4O2/c21-15-5-3-6-16(22)18(15)26-17-7-2-1-4-13(17)14(20(26)28)10-12(11-23)19(24)25-8-9-27/h1-7,10,27-28H,8-9H2,(H2,24,25)/b12-10+. The molecule has 8 heteroatoms. The highest BCUT2D eigenvalue weighted by molar-refractivity contribution is 6.38. The van der Waals surface area contributed by atoms with Crippen molar-refractivity contribution in [3.8, 4) is 17.6 Å². The maximum atomic E-state index is 11.0. The number of amidine groups is 1. The Kier molecular flexibility index (Phi) is 5.90. The number of aromatic nitrogens is 1. The fraction of sp³-hybridized carbons (Fsp3) is 0.100. The summed E-state index contributed by atoms with van der Waals surface area (Å²) in [5.41, 5.74) is 7.37. The third-order valence-corrected chi connectivity index (χ3v) is 4.73. The van der Waals surface area contributed by atoms with Gasteiger partial charge in [0, 0.05) is 10.9 Å². The predicted octanol–water partition coefficient (Wildman–Crippen LogP) is 3.90. The minimum Gasteiger partial charge on any atom is -0.494 e. The van der Waals surface area contributed by atoms with Gasteiger partial charge in [0.2, 0.25) is 5.88 Å². The van der Waals surface area contributed by atoms with Crippen LogP contribution in [0.25, 0.3) is 22.7 Å². The number of aliphatic hydroxyl groups is 1. The second-order valence-corrected chi connectivity index (χ2v) is 6.63. The molecule has 0 amide bonds. The quantitative estimate of drug-likeness (QED) is 0.334. The van der Waals surface area contributed by atoms with Crippen LogP contribution in [0.2, 0.25) is 10.0 Å². The summed E-state index contributed by atoms with van der Waals surface area (Å²) in [4.78, 5) is 3.94. The van der Waals surface area contributed by atoms with Crippen LogP contribution in [0, 0.1) is 11.3 Å². The van der Waals surface area contributed by atoms with Crippen molar-refractivity contribution >= 4 is 46.0 Å². The molecule has 0 saturated carbocycles. The van der Waals surface area contributed by atoms with Crippen LogP contribution in [0.5, 0.6) is 5.88 Å². The van der Waals surface area contributed by atoms with Crippen LogP contribution in [0.3, 0.4) is 0 Å². The molecule has 2 aromatic carbocycles. The van der Waals surface area contributed by atoms with E-state index in [9.17, 15) is 10.4 Å². The molecule has 0 saturated heterocycles. The smallest absolute Gasteiger partial charge is 0.204 e. The van der Waals surface area contributed by atoms with Gasteiger partial charge in [-0.3, -0.25) is 9.56 Å². The van der Waals surface area contributed by atoms with Gasteiger partial charge in [-0.1, -0.05) is 47.5 Å². The summed E-state index contributed by atoms with van der Waals surface area (Å²) < 4.78 is 1.53. The zero-order chi connectivity index (χ0) is 20.3. The van der Waals surface area contributed by atoms with Crippen molar-refractivity contribution in [1.29, 1.82) is 5.26 Å². The van der Waals surface area contributed by atoms with Gasteiger partial charge in [0.25, 0.3) is 0 Å². The number of aliphatic imine (C=N–C) groups is 1. The first-order chi connectivity index (χ1) is 13.5. The lowest BCUT2D eigenvalue weighted by atomic mass is 10.1. The van der Waals surface area contributed by atoms with Crippen molar-refractivity contribution < 1.29 is 10.2 Å². The number of fused-ring (bicyclic) bond motifs is 1. The number of aliphatic hydroxyl groups excluding tert-OH is 1. The number of aromatic hydroxyl groups is 1. The Labute approximate surface area is 171 Å². The first-order valence-electron chi connectivity index (χ1n) is 8.29. The van der Waals surface area contributed by atoms with Gasteiger partial charge >= 0.3 is 0 Å². The number of nitriles is 1. The fourth-order valence-corrected chi connectivity index (χ4v) is 3.45. The highest BCUT2D eigenvalue weighted by atomic mass is 35.5. The lowest BCUT2D eigenvalue weighted by molar-refractivity contribution is 0.307. The molecule has 0 aliphatic carbocycles. The molecule has 0 fully saturated rings. The van der Waals surface area contributed by atoms with E-state index in [1.807, 2.05) is 18.2 Å². The summed E-state index contributed by atoms with van der Waals surface area (Å²) in [5, 5.41) is 30.7. The van der Waals surface area contributed by atoms with Gasteiger partial charge in [-0.15, -0.1) is 0 Å². The van der Waals surface area contributed by atoms with Crippen molar-refractivity contribution in [3.05, 3.63) is 63.6 Å². The minimum atomic E-state index is -0.186. The van der Waals surface area contributed by atoms with E-state index in [0.717, 1.165) is 0 Å². The third-order valence-electron chi connectivity index (χ3n) is 4.12. The van der Waals surface area contributed by atoms with E-state index < -0.39 is 0 Å². The summed E-state index contributed by atoms with van der Waals surface area (Å²) in [5.74, 6) is -0.164. The Morgan fingerprint density at radius 3 is 2.50 bits per heavy atom. The number of benzene rings is 2. The molecule has 0 unspecified atom stereocenters. The van der Waals surface area contributed by atoms with E-state index in [0.29, 0.717) is 32.2 Å². The van der Waals surface area contributed by atoms with Gasteiger partial charge in [0.15, 0.2) is 0 Å². The number of nitrogens with zero attached hydrogens (tertiary/aromatic N) is 3. The Bertz CT molecular complexity index is 1120. The zero-order valence-corrected chi connectivity index (χ0v) is 16.1. The molecule has 0 bridgehead atoms. The molecule has 6 nitrogen and oxygen atoms in total. The van der Waals surface area contributed by atoms with Crippen molar-refractivity contribution in [2.75, 3.05) is 13.2 Å². The first kappa shape index (κ1) is 19.8. The van der Waals surface area contributed by atoms with Crippen LogP contribution < -0.4 is 5.73 Å². The molecule has 3 rings (SSSR count). The predicted molar refractivity (Wildman–Crippen MR) is 112 cm³/mol. The van der Waals surface area contributed by atoms with Crippen molar-refractivity contribution in [2.45, 2.75) is 0 Å². The van der Waals surface area contributed by atoms with Crippen LogP contribution in [0.15, 0.2) is 53.0 Å². The Hall–Kier alpha value is -2.98.